The molecular formula is C15H32. The summed E-state index contributed by atoms with van der Waals surface area (Å²) in [4.78, 5) is 0. The van der Waals surface area contributed by atoms with Gasteiger partial charge in [-0.15, -0.1) is 0 Å². The Bertz CT molecular complexity index is 138. The van der Waals surface area contributed by atoms with Crippen LogP contribution in [0.2, 0.25) is 0 Å². The summed E-state index contributed by atoms with van der Waals surface area (Å²) in [7, 11) is 0. The van der Waals surface area contributed by atoms with Crippen molar-refractivity contribution in [2.75, 3.05) is 0 Å². The van der Waals surface area contributed by atoms with Crippen molar-refractivity contribution in [3.8, 4) is 0 Å². The highest BCUT2D eigenvalue weighted by Gasteiger charge is 1.95. The highest BCUT2D eigenvalue weighted by Crippen LogP contribution is 2.11. The predicted octanol–water partition coefficient (Wildman–Crippen LogP) is 6.00. The van der Waals surface area contributed by atoms with Crippen molar-refractivity contribution >= 4 is 0 Å². The maximum absolute atomic E-state index is 2.28. The van der Waals surface area contributed by atoms with Crippen molar-refractivity contribution in [1.29, 1.82) is 0 Å². The SMILES string of the molecule is C/C=C\C(=C/CC)C(C)C.CC.CCC. The first kappa shape index (κ1) is 20.0. The number of hydrogen-bond acceptors (Lipinski definition) is 0. The summed E-state index contributed by atoms with van der Waals surface area (Å²) in [5.74, 6) is 0.663. The van der Waals surface area contributed by atoms with E-state index in [4.69, 9.17) is 0 Å². The maximum atomic E-state index is 2.28. The van der Waals surface area contributed by atoms with Crippen LogP contribution in [0.15, 0.2) is 23.8 Å². The summed E-state index contributed by atoms with van der Waals surface area (Å²) in [5, 5.41) is 0. The molecule has 0 nitrogen and oxygen atoms in total. The Morgan fingerprint density at radius 3 is 1.67 bits per heavy atom. The molecule has 0 N–H and O–H groups in total. The molecular weight excluding hydrogens is 180 g/mol. The fourth-order valence-electron chi connectivity index (χ4n) is 0.924. The van der Waals surface area contributed by atoms with E-state index >= 15 is 0 Å². The van der Waals surface area contributed by atoms with E-state index in [1.54, 1.807) is 0 Å². The fraction of sp³-hybridized carbons (Fsp3) is 0.733. The second kappa shape index (κ2) is 19.1. The average Bonchev–Trinajstić information content (AvgIpc) is 2.21. The van der Waals surface area contributed by atoms with Crippen molar-refractivity contribution in [1.82, 2.24) is 0 Å². The molecule has 0 aromatic heterocycles. The molecule has 0 radical (unpaired) electrons. The molecule has 0 unspecified atom stereocenters. The van der Waals surface area contributed by atoms with E-state index in [0.29, 0.717) is 5.92 Å². The quantitative estimate of drug-likeness (QED) is 0.503. The van der Waals surface area contributed by atoms with E-state index in [2.05, 4.69) is 59.8 Å². The third kappa shape index (κ3) is 19.8. The van der Waals surface area contributed by atoms with Gasteiger partial charge in [0.25, 0.3) is 0 Å². The monoisotopic (exact) mass is 212 g/mol. The molecule has 0 rings (SSSR count). The van der Waals surface area contributed by atoms with Crippen molar-refractivity contribution in [2.24, 2.45) is 5.92 Å². The lowest BCUT2D eigenvalue weighted by Gasteiger charge is -2.04. The molecule has 0 aromatic carbocycles. The molecule has 0 spiro atoms. The van der Waals surface area contributed by atoms with Crippen LogP contribution in [0.3, 0.4) is 0 Å². The average molecular weight is 212 g/mol. The van der Waals surface area contributed by atoms with Crippen LogP contribution in [0.5, 0.6) is 0 Å². The van der Waals surface area contributed by atoms with E-state index in [0.717, 1.165) is 6.42 Å². The molecule has 0 fully saturated rings. The molecule has 0 heteroatoms. The summed E-state index contributed by atoms with van der Waals surface area (Å²) in [6.45, 7) is 16.9. The number of hydrogen-bond donors (Lipinski definition) is 0. The van der Waals surface area contributed by atoms with Crippen LogP contribution in [0.4, 0.5) is 0 Å². The largest absolute Gasteiger partial charge is 0.0874 e. The highest BCUT2D eigenvalue weighted by atomic mass is 14.0. The first-order valence-electron chi connectivity index (χ1n) is 6.46. The Morgan fingerprint density at radius 2 is 1.47 bits per heavy atom. The smallest absolute Gasteiger partial charge is 0.0222 e. The van der Waals surface area contributed by atoms with E-state index in [9.17, 15) is 0 Å². The molecule has 0 amide bonds. The minimum absolute atomic E-state index is 0.663. The molecule has 0 aliphatic carbocycles. The Kier molecular flexibility index (Phi) is 25.4. The van der Waals surface area contributed by atoms with Crippen molar-refractivity contribution in [3.63, 3.8) is 0 Å². The second-order valence-corrected chi connectivity index (χ2v) is 3.47. The fourth-order valence-corrected chi connectivity index (χ4v) is 0.924. The van der Waals surface area contributed by atoms with Crippen molar-refractivity contribution in [2.45, 2.75) is 68.2 Å². The van der Waals surface area contributed by atoms with Gasteiger partial charge >= 0.3 is 0 Å². The van der Waals surface area contributed by atoms with Crippen molar-refractivity contribution < 1.29 is 0 Å². The lowest BCUT2D eigenvalue weighted by Crippen LogP contribution is -1.89. The van der Waals surface area contributed by atoms with Gasteiger partial charge in [0, 0.05) is 0 Å². The summed E-state index contributed by atoms with van der Waals surface area (Å²) in [6.07, 6.45) is 8.96. The Balaban J connectivity index is -0.000000245. The van der Waals surface area contributed by atoms with E-state index < -0.39 is 0 Å². The predicted molar refractivity (Wildman–Crippen MR) is 75.3 cm³/mol. The molecule has 0 saturated carbocycles. The lowest BCUT2D eigenvalue weighted by atomic mass is 10.0. The van der Waals surface area contributed by atoms with Gasteiger partial charge in [-0.2, -0.15) is 0 Å². The third-order valence-electron chi connectivity index (χ3n) is 1.47. The number of allylic oxidation sites excluding steroid dienone is 4. The summed E-state index contributed by atoms with van der Waals surface area (Å²) in [5.41, 5.74) is 1.45. The standard InChI is InChI=1S/C10H18.C3H8.C2H6/c1-5-7-10(8-6-2)9(3)4;1-3-2;1-2/h5,7-9H,6H2,1-4H3;3H2,1-2H3;1-2H3/b7-5-,10-8+;;. The van der Waals surface area contributed by atoms with Crippen LogP contribution >= 0.6 is 0 Å². The van der Waals surface area contributed by atoms with E-state index in [1.807, 2.05) is 13.8 Å². The van der Waals surface area contributed by atoms with Crippen molar-refractivity contribution in [3.05, 3.63) is 23.8 Å². The topological polar surface area (TPSA) is 0 Å². The van der Waals surface area contributed by atoms with Gasteiger partial charge in [-0.3, -0.25) is 0 Å². The zero-order chi connectivity index (χ0) is 12.7. The molecule has 15 heavy (non-hydrogen) atoms. The van der Waals surface area contributed by atoms with Gasteiger partial charge in [-0.05, 0) is 24.8 Å². The summed E-state index contributed by atoms with van der Waals surface area (Å²) < 4.78 is 0. The highest BCUT2D eigenvalue weighted by molar-refractivity contribution is 5.19. The van der Waals surface area contributed by atoms with Crippen LogP contribution in [0.25, 0.3) is 0 Å². The van der Waals surface area contributed by atoms with Crippen LogP contribution in [-0.2, 0) is 0 Å². The first-order chi connectivity index (χ1) is 7.13. The van der Waals surface area contributed by atoms with Gasteiger partial charge in [0.15, 0.2) is 0 Å². The van der Waals surface area contributed by atoms with E-state index in [1.165, 1.54) is 12.0 Å². The van der Waals surface area contributed by atoms with Gasteiger partial charge in [-0.25, -0.2) is 0 Å². The van der Waals surface area contributed by atoms with Gasteiger partial charge in [0.05, 0.1) is 0 Å². The minimum atomic E-state index is 0.663. The molecule has 0 aromatic rings. The Morgan fingerprint density at radius 1 is 1.07 bits per heavy atom. The molecule has 92 valence electrons. The molecule has 0 aliphatic heterocycles. The number of rotatable bonds is 3. The van der Waals surface area contributed by atoms with Crippen LogP contribution < -0.4 is 0 Å². The molecule has 0 aliphatic rings. The van der Waals surface area contributed by atoms with Gasteiger partial charge in [-0.1, -0.05) is 73.1 Å². The molecule has 0 heterocycles. The van der Waals surface area contributed by atoms with Crippen LogP contribution in [-0.4, -0.2) is 0 Å². The Labute approximate surface area is 98.5 Å². The van der Waals surface area contributed by atoms with Gasteiger partial charge in [0.1, 0.15) is 0 Å². The minimum Gasteiger partial charge on any atom is -0.0874 e. The molecule has 0 atom stereocenters. The van der Waals surface area contributed by atoms with E-state index in [-0.39, 0.29) is 0 Å². The van der Waals surface area contributed by atoms with Crippen LogP contribution in [0.1, 0.15) is 68.2 Å². The third-order valence-corrected chi connectivity index (χ3v) is 1.47. The first-order valence-corrected chi connectivity index (χ1v) is 6.46. The molecule has 0 saturated heterocycles. The molecule has 0 bridgehead atoms. The van der Waals surface area contributed by atoms with Gasteiger partial charge < -0.3 is 0 Å². The summed E-state index contributed by atoms with van der Waals surface area (Å²) >= 11 is 0. The van der Waals surface area contributed by atoms with Gasteiger partial charge in [0.2, 0.25) is 0 Å². The van der Waals surface area contributed by atoms with Crippen LogP contribution in [0, 0.1) is 5.92 Å². The Hall–Kier alpha value is -0.520. The zero-order valence-electron chi connectivity index (χ0n) is 12.2. The normalized spacial score (nSPS) is 10.6. The zero-order valence-corrected chi connectivity index (χ0v) is 12.2. The lowest BCUT2D eigenvalue weighted by molar-refractivity contribution is 0.785. The maximum Gasteiger partial charge on any atom is -0.0222 e. The summed E-state index contributed by atoms with van der Waals surface area (Å²) in [6, 6.07) is 0. The second-order valence-electron chi connectivity index (χ2n) is 3.47.